The predicted octanol–water partition coefficient (Wildman–Crippen LogP) is 4.35. The number of amides is 3. The zero-order valence-corrected chi connectivity index (χ0v) is 17.2. The maximum atomic E-state index is 13.1. The highest BCUT2D eigenvalue weighted by Gasteiger charge is 2.50. The van der Waals surface area contributed by atoms with Gasteiger partial charge in [0, 0.05) is 11.1 Å². The van der Waals surface area contributed by atoms with Gasteiger partial charge in [-0.2, -0.15) is 0 Å². The van der Waals surface area contributed by atoms with Crippen molar-refractivity contribution >= 4 is 34.2 Å². The second-order valence-corrected chi connectivity index (χ2v) is 8.47. The minimum atomic E-state index is -0.351. The Morgan fingerprint density at radius 2 is 1.55 bits per heavy atom. The van der Waals surface area contributed by atoms with Crippen LogP contribution in [-0.2, 0) is 14.4 Å². The second kappa shape index (κ2) is 7.99. The third kappa shape index (κ3) is 3.61. The van der Waals surface area contributed by atoms with Crippen molar-refractivity contribution in [2.45, 2.75) is 25.2 Å². The summed E-state index contributed by atoms with van der Waals surface area (Å²) in [5.74, 6) is -1.09. The number of benzene rings is 3. The van der Waals surface area contributed by atoms with Gasteiger partial charge in [0.15, 0.2) is 0 Å². The number of nitrogens with one attached hydrogen (secondary N) is 1. The van der Waals surface area contributed by atoms with E-state index in [1.165, 1.54) is 10.5 Å². The van der Waals surface area contributed by atoms with E-state index in [1.807, 2.05) is 60.7 Å². The summed E-state index contributed by atoms with van der Waals surface area (Å²) in [6, 6.07) is 23.6. The number of likely N-dealkylation sites (tertiary alicyclic amines) is 1. The number of carbonyl (C=O) groups excluding carboxylic acids is 3. The van der Waals surface area contributed by atoms with Crippen LogP contribution in [0, 0.1) is 11.8 Å². The molecule has 0 unspecified atom stereocenters. The van der Waals surface area contributed by atoms with Gasteiger partial charge in [-0.05, 0) is 42.2 Å². The monoisotopic (exact) mass is 412 g/mol. The van der Waals surface area contributed by atoms with E-state index in [0.717, 1.165) is 17.2 Å². The van der Waals surface area contributed by atoms with Crippen LogP contribution in [0.1, 0.15) is 30.7 Å². The normalized spacial score (nSPS) is 23.1. The summed E-state index contributed by atoms with van der Waals surface area (Å²) in [4.78, 5) is 39.9. The molecule has 156 valence electrons. The highest BCUT2D eigenvalue weighted by Crippen LogP contribution is 2.44. The molecular weight excluding hydrogens is 388 g/mol. The first-order valence-electron chi connectivity index (χ1n) is 10.8. The lowest BCUT2D eigenvalue weighted by Gasteiger charge is -2.28. The van der Waals surface area contributed by atoms with Crippen molar-refractivity contribution < 1.29 is 14.4 Å². The van der Waals surface area contributed by atoms with Crippen molar-refractivity contribution in [2.24, 2.45) is 11.8 Å². The Labute approximate surface area is 181 Å². The molecule has 3 atom stereocenters. The number of hydrogen-bond donors (Lipinski definition) is 1. The van der Waals surface area contributed by atoms with Crippen LogP contribution in [0.2, 0.25) is 0 Å². The summed E-state index contributed by atoms with van der Waals surface area (Å²) in [6.45, 7) is -0.232. The molecule has 1 aliphatic heterocycles. The summed E-state index contributed by atoms with van der Waals surface area (Å²) < 4.78 is 0. The molecule has 3 amide bonds. The van der Waals surface area contributed by atoms with E-state index in [9.17, 15) is 14.4 Å². The molecule has 0 radical (unpaired) electrons. The van der Waals surface area contributed by atoms with Gasteiger partial charge in [0.05, 0.1) is 11.8 Å². The maximum Gasteiger partial charge on any atom is 0.244 e. The van der Waals surface area contributed by atoms with E-state index in [2.05, 4.69) is 17.4 Å². The van der Waals surface area contributed by atoms with Crippen molar-refractivity contribution in [3.63, 3.8) is 0 Å². The van der Waals surface area contributed by atoms with Crippen LogP contribution in [0.15, 0.2) is 72.8 Å². The Morgan fingerprint density at radius 1 is 0.839 bits per heavy atom. The largest absolute Gasteiger partial charge is 0.324 e. The van der Waals surface area contributed by atoms with Gasteiger partial charge in [-0.3, -0.25) is 19.3 Å². The molecule has 5 rings (SSSR count). The van der Waals surface area contributed by atoms with Crippen LogP contribution in [0.4, 0.5) is 5.69 Å². The van der Waals surface area contributed by atoms with Gasteiger partial charge in [0.1, 0.15) is 6.54 Å². The molecule has 1 saturated heterocycles. The Kier molecular flexibility index (Phi) is 5.02. The first-order valence-corrected chi connectivity index (χ1v) is 10.8. The van der Waals surface area contributed by atoms with E-state index < -0.39 is 0 Å². The number of hydrogen-bond acceptors (Lipinski definition) is 3. The van der Waals surface area contributed by atoms with Gasteiger partial charge in [-0.25, -0.2) is 0 Å². The predicted molar refractivity (Wildman–Crippen MR) is 119 cm³/mol. The Hall–Kier alpha value is -3.47. The van der Waals surface area contributed by atoms with Crippen LogP contribution in [0.5, 0.6) is 0 Å². The lowest BCUT2D eigenvalue weighted by Crippen LogP contribution is -2.38. The van der Waals surface area contributed by atoms with Crippen molar-refractivity contribution in [3.8, 4) is 0 Å². The molecule has 0 bridgehead atoms. The molecule has 0 aromatic heterocycles. The third-order valence-electron chi connectivity index (χ3n) is 6.65. The Bertz CT molecular complexity index is 1150. The van der Waals surface area contributed by atoms with Crippen molar-refractivity contribution in [2.75, 3.05) is 11.9 Å². The van der Waals surface area contributed by atoms with E-state index in [1.54, 1.807) is 0 Å². The second-order valence-electron chi connectivity index (χ2n) is 8.47. The molecule has 1 N–H and O–H groups in total. The van der Waals surface area contributed by atoms with Gasteiger partial charge in [0.2, 0.25) is 17.7 Å². The van der Waals surface area contributed by atoms with E-state index >= 15 is 0 Å². The number of fused-ring (bicyclic) bond motifs is 2. The number of carbonyl (C=O) groups is 3. The smallest absolute Gasteiger partial charge is 0.244 e. The first-order chi connectivity index (χ1) is 15.1. The third-order valence-corrected chi connectivity index (χ3v) is 6.65. The van der Waals surface area contributed by atoms with Crippen LogP contribution in [0.3, 0.4) is 0 Å². The molecular formula is C26H24N2O3. The minimum Gasteiger partial charge on any atom is -0.324 e. The highest BCUT2D eigenvalue weighted by molar-refractivity contribution is 6.10. The fraction of sp³-hybridized carbons (Fsp3) is 0.269. The van der Waals surface area contributed by atoms with Gasteiger partial charge >= 0.3 is 0 Å². The summed E-state index contributed by atoms with van der Waals surface area (Å²) >= 11 is 0. The summed E-state index contributed by atoms with van der Waals surface area (Å²) in [5, 5.41) is 4.83. The molecule has 0 spiro atoms. The fourth-order valence-corrected chi connectivity index (χ4v) is 5.10. The number of anilines is 1. The quantitative estimate of drug-likeness (QED) is 0.648. The highest BCUT2D eigenvalue weighted by atomic mass is 16.2. The molecule has 2 aliphatic rings. The van der Waals surface area contributed by atoms with Crippen molar-refractivity contribution in [1.29, 1.82) is 0 Å². The fourth-order valence-electron chi connectivity index (χ4n) is 5.10. The lowest BCUT2D eigenvalue weighted by atomic mass is 9.73. The topological polar surface area (TPSA) is 66.5 Å². The van der Waals surface area contributed by atoms with E-state index in [4.69, 9.17) is 0 Å². The van der Waals surface area contributed by atoms with Gasteiger partial charge < -0.3 is 5.32 Å². The SMILES string of the molecule is O=C(CN1C(=O)[C@H]2CC[C@H](c3ccccc3)C[C@H]2C1=O)Nc1cccc2ccccc12. The summed E-state index contributed by atoms with van der Waals surface area (Å²) in [6.07, 6.45) is 2.25. The minimum absolute atomic E-state index is 0.199. The van der Waals surface area contributed by atoms with Crippen LogP contribution in [-0.4, -0.2) is 29.2 Å². The van der Waals surface area contributed by atoms with Crippen LogP contribution >= 0.6 is 0 Å². The van der Waals surface area contributed by atoms with Crippen molar-refractivity contribution in [3.05, 3.63) is 78.4 Å². The molecule has 1 saturated carbocycles. The molecule has 3 aromatic carbocycles. The molecule has 2 fully saturated rings. The summed E-state index contributed by atoms with van der Waals surface area (Å²) in [7, 11) is 0. The molecule has 5 nitrogen and oxygen atoms in total. The average molecular weight is 412 g/mol. The number of nitrogens with zero attached hydrogens (tertiary/aromatic N) is 1. The van der Waals surface area contributed by atoms with Crippen molar-refractivity contribution in [1.82, 2.24) is 4.90 Å². The van der Waals surface area contributed by atoms with Gasteiger partial charge in [0.25, 0.3) is 0 Å². The maximum absolute atomic E-state index is 13.1. The zero-order valence-electron chi connectivity index (χ0n) is 17.2. The first kappa shape index (κ1) is 19.5. The Balaban J connectivity index is 1.29. The standard InChI is InChI=1S/C26H24N2O3/c29-24(27-23-12-6-10-18-9-4-5-11-20(18)23)16-28-25(30)21-14-13-19(15-22(21)26(28)31)17-7-2-1-3-8-17/h1-12,19,21-22H,13-16H2,(H,27,29)/t19-,21-,22+/m0/s1. The molecule has 1 aliphatic carbocycles. The molecule has 3 aromatic rings. The van der Waals surface area contributed by atoms with Gasteiger partial charge in [-0.15, -0.1) is 0 Å². The number of rotatable bonds is 4. The summed E-state index contributed by atoms with van der Waals surface area (Å²) in [5.41, 5.74) is 1.90. The van der Waals surface area contributed by atoms with Crippen LogP contribution in [0.25, 0.3) is 10.8 Å². The van der Waals surface area contributed by atoms with Crippen LogP contribution < -0.4 is 5.32 Å². The van der Waals surface area contributed by atoms with E-state index in [0.29, 0.717) is 18.5 Å². The van der Waals surface area contributed by atoms with Gasteiger partial charge in [-0.1, -0.05) is 66.7 Å². The molecule has 5 heteroatoms. The lowest BCUT2D eigenvalue weighted by molar-refractivity contribution is -0.142. The molecule has 1 heterocycles. The molecule has 31 heavy (non-hydrogen) atoms. The zero-order chi connectivity index (χ0) is 21.4. The Morgan fingerprint density at radius 3 is 2.39 bits per heavy atom. The average Bonchev–Trinajstić information content (AvgIpc) is 3.04. The number of imide groups is 1. The van der Waals surface area contributed by atoms with E-state index in [-0.39, 0.29) is 42.0 Å².